The zero-order valence-corrected chi connectivity index (χ0v) is 15.1. The molecule has 0 saturated heterocycles. The van der Waals surface area contributed by atoms with Crippen LogP contribution in [0.1, 0.15) is 18.4 Å². The predicted octanol–water partition coefficient (Wildman–Crippen LogP) is 3.37. The summed E-state index contributed by atoms with van der Waals surface area (Å²) in [5.41, 5.74) is 2.49. The van der Waals surface area contributed by atoms with Gasteiger partial charge in [-0.1, -0.05) is 23.4 Å². The van der Waals surface area contributed by atoms with E-state index in [1.807, 2.05) is 56.3 Å². The highest BCUT2D eigenvalue weighted by Crippen LogP contribution is 2.34. The molecule has 2 aromatic carbocycles. The van der Waals surface area contributed by atoms with Crippen LogP contribution in [0.2, 0.25) is 0 Å². The monoisotopic (exact) mass is 365 g/mol. The highest BCUT2D eigenvalue weighted by atomic mass is 16.5. The quantitative estimate of drug-likeness (QED) is 0.690. The van der Waals surface area contributed by atoms with Gasteiger partial charge in [0.2, 0.25) is 11.7 Å². The number of rotatable bonds is 5. The number of hydrogen-bond acceptors (Lipinski definition) is 6. The molecule has 7 heteroatoms. The summed E-state index contributed by atoms with van der Waals surface area (Å²) in [5, 5.41) is 4.06. The third-order valence-electron chi connectivity index (χ3n) is 4.25. The van der Waals surface area contributed by atoms with Crippen LogP contribution < -0.4 is 14.4 Å². The third kappa shape index (κ3) is 3.36. The van der Waals surface area contributed by atoms with Gasteiger partial charge in [-0.15, -0.1) is 0 Å². The van der Waals surface area contributed by atoms with Gasteiger partial charge in [0, 0.05) is 0 Å². The molecule has 0 saturated carbocycles. The summed E-state index contributed by atoms with van der Waals surface area (Å²) in [4.78, 5) is 18.4. The lowest BCUT2D eigenvalue weighted by molar-refractivity contribution is -0.121. The maximum absolute atomic E-state index is 12.4. The van der Waals surface area contributed by atoms with Crippen molar-refractivity contribution < 1.29 is 18.8 Å². The fourth-order valence-electron chi connectivity index (χ4n) is 2.98. The van der Waals surface area contributed by atoms with Crippen LogP contribution in [0.15, 0.2) is 47.0 Å². The highest BCUT2D eigenvalue weighted by molar-refractivity contribution is 5.97. The van der Waals surface area contributed by atoms with Crippen molar-refractivity contribution in [1.82, 2.24) is 10.1 Å². The molecule has 4 rings (SSSR count). The maximum atomic E-state index is 12.4. The predicted molar refractivity (Wildman–Crippen MR) is 98.8 cm³/mol. The van der Waals surface area contributed by atoms with E-state index in [4.69, 9.17) is 14.0 Å². The van der Waals surface area contributed by atoms with Crippen molar-refractivity contribution in [3.63, 3.8) is 0 Å². The number of fused-ring (bicyclic) bond motifs is 1. The number of amides is 1. The molecule has 0 atom stereocenters. The van der Waals surface area contributed by atoms with Gasteiger partial charge in [-0.25, -0.2) is 0 Å². The van der Waals surface area contributed by atoms with E-state index in [2.05, 4.69) is 10.1 Å². The summed E-state index contributed by atoms with van der Waals surface area (Å²) in [5.74, 6) is 1.98. The lowest BCUT2D eigenvalue weighted by Gasteiger charge is -2.28. The number of nitrogens with zero attached hydrogens (tertiary/aromatic N) is 3. The normalized spacial score (nSPS) is 13.3. The first-order chi connectivity index (χ1) is 13.2. The van der Waals surface area contributed by atoms with E-state index in [1.165, 1.54) is 0 Å². The summed E-state index contributed by atoms with van der Waals surface area (Å²) < 4.78 is 16.5. The minimum Gasteiger partial charge on any atom is -0.493 e. The largest absolute Gasteiger partial charge is 0.493 e. The Balaban J connectivity index is 1.62. The molecule has 1 amide bonds. The Labute approximate surface area is 156 Å². The number of aryl methyl sites for hydroxylation is 1. The van der Waals surface area contributed by atoms with Gasteiger partial charge >= 0.3 is 0 Å². The molecule has 0 fully saturated rings. The van der Waals surface area contributed by atoms with Crippen LogP contribution in [0.5, 0.6) is 11.5 Å². The minimum absolute atomic E-state index is 0.00969. The number of ether oxygens (including phenoxy) is 2. The Morgan fingerprint density at radius 2 is 2.07 bits per heavy atom. The summed E-state index contributed by atoms with van der Waals surface area (Å²) in [6.45, 7) is 4.60. The number of aromatic nitrogens is 2. The number of anilines is 1. The van der Waals surface area contributed by atoms with Gasteiger partial charge in [0.25, 0.3) is 5.91 Å². The van der Waals surface area contributed by atoms with Crippen LogP contribution in [0.25, 0.3) is 11.4 Å². The number of carbonyl (C=O) groups excluding carboxylic acids is 1. The Bertz CT molecular complexity index is 983. The second-order valence-electron chi connectivity index (χ2n) is 6.18. The fraction of sp³-hybridized carbons (Fsp3) is 0.250. The molecule has 1 aliphatic heterocycles. The molecule has 138 valence electrons. The van der Waals surface area contributed by atoms with Gasteiger partial charge in [0.1, 0.15) is 18.0 Å². The molecular formula is C20H19N3O4. The van der Waals surface area contributed by atoms with Crippen LogP contribution in [0.3, 0.4) is 0 Å². The average Bonchev–Trinajstić information content (AvgIpc) is 3.13. The van der Waals surface area contributed by atoms with Crippen LogP contribution in [0.4, 0.5) is 5.69 Å². The zero-order chi connectivity index (χ0) is 18.8. The standard InChI is InChI=1S/C20H19N3O4/c1-3-25-16-7-5-4-6-14(16)20-21-18(27-22-20)11-23-15-10-13(2)8-9-17(15)26-12-19(23)24/h4-10H,3,11-12H2,1-2H3. The van der Waals surface area contributed by atoms with Crippen molar-refractivity contribution in [3.8, 4) is 22.9 Å². The second-order valence-corrected chi connectivity index (χ2v) is 6.18. The molecular weight excluding hydrogens is 346 g/mol. The summed E-state index contributed by atoms with van der Waals surface area (Å²) in [6.07, 6.45) is 0. The molecule has 0 spiro atoms. The van der Waals surface area contributed by atoms with Crippen molar-refractivity contribution in [3.05, 3.63) is 53.9 Å². The van der Waals surface area contributed by atoms with E-state index in [0.717, 1.165) is 11.1 Å². The Kier molecular flexibility index (Phi) is 4.50. The first-order valence-corrected chi connectivity index (χ1v) is 8.74. The Morgan fingerprint density at radius 3 is 2.93 bits per heavy atom. The summed E-state index contributed by atoms with van der Waals surface area (Å²) in [6, 6.07) is 13.2. The number of carbonyl (C=O) groups is 1. The van der Waals surface area contributed by atoms with Crippen LogP contribution in [-0.4, -0.2) is 29.3 Å². The van der Waals surface area contributed by atoms with E-state index < -0.39 is 0 Å². The minimum atomic E-state index is -0.150. The molecule has 1 aliphatic rings. The maximum Gasteiger partial charge on any atom is 0.265 e. The fourth-order valence-corrected chi connectivity index (χ4v) is 2.98. The van der Waals surface area contributed by atoms with Crippen LogP contribution in [0, 0.1) is 6.92 Å². The van der Waals surface area contributed by atoms with Crippen molar-refractivity contribution in [1.29, 1.82) is 0 Å². The SMILES string of the molecule is CCOc1ccccc1-c1noc(CN2C(=O)COc3ccc(C)cc32)n1. The smallest absolute Gasteiger partial charge is 0.265 e. The van der Waals surface area contributed by atoms with E-state index >= 15 is 0 Å². The molecule has 0 unspecified atom stereocenters. The summed E-state index contributed by atoms with van der Waals surface area (Å²) in [7, 11) is 0. The molecule has 0 N–H and O–H groups in total. The zero-order valence-electron chi connectivity index (χ0n) is 15.1. The molecule has 1 aromatic heterocycles. The molecule has 0 bridgehead atoms. The first-order valence-electron chi connectivity index (χ1n) is 8.74. The molecule has 7 nitrogen and oxygen atoms in total. The average molecular weight is 365 g/mol. The molecule has 27 heavy (non-hydrogen) atoms. The van der Waals surface area contributed by atoms with Crippen molar-refractivity contribution in [2.75, 3.05) is 18.1 Å². The van der Waals surface area contributed by atoms with Crippen molar-refractivity contribution in [2.45, 2.75) is 20.4 Å². The van der Waals surface area contributed by atoms with Gasteiger partial charge in [0.05, 0.1) is 17.9 Å². The van der Waals surface area contributed by atoms with Crippen LogP contribution in [-0.2, 0) is 11.3 Å². The van der Waals surface area contributed by atoms with Gasteiger partial charge in [-0.2, -0.15) is 4.98 Å². The number of benzene rings is 2. The molecule has 3 aromatic rings. The lowest BCUT2D eigenvalue weighted by atomic mass is 10.1. The topological polar surface area (TPSA) is 77.7 Å². The Hall–Kier alpha value is -3.35. The first kappa shape index (κ1) is 17.1. The molecule has 2 heterocycles. The lowest BCUT2D eigenvalue weighted by Crippen LogP contribution is -2.38. The van der Waals surface area contributed by atoms with E-state index in [1.54, 1.807) is 4.90 Å². The van der Waals surface area contributed by atoms with Gasteiger partial charge < -0.3 is 14.0 Å². The van der Waals surface area contributed by atoms with E-state index in [9.17, 15) is 4.79 Å². The van der Waals surface area contributed by atoms with Crippen molar-refractivity contribution >= 4 is 11.6 Å². The Morgan fingerprint density at radius 1 is 1.22 bits per heavy atom. The van der Waals surface area contributed by atoms with Gasteiger partial charge in [0.15, 0.2) is 6.61 Å². The van der Waals surface area contributed by atoms with E-state index in [0.29, 0.717) is 35.5 Å². The van der Waals surface area contributed by atoms with Crippen molar-refractivity contribution in [2.24, 2.45) is 0 Å². The third-order valence-corrected chi connectivity index (χ3v) is 4.25. The van der Waals surface area contributed by atoms with Gasteiger partial charge in [-0.05, 0) is 43.7 Å². The second kappa shape index (κ2) is 7.11. The highest BCUT2D eigenvalue weighted by Gasteiger charge is 2.27. The molecule has 0 radical (unpaired) electrons. The summed E-state index contributed by atoms with van der Waals surface area (Å²) >= 11 is 0. The van der Waals surface area contributed by atoms with E-state index in [-0.39, 0.29) is 19.1 Å². The van der Waals surface area contributed by atoms with Crippen LogP contribution >= 0.6 is 0 Å². The molecule has 0 aliphatic carbocycles. The van der Waals surface area contributed by atoms with Gasteiger partial charge in [-0.3, -0.25) is 9.69 Å². The number of hydrogen-bond donors (Lipinski definition) is 0. The number of para-hydroxylation sites is 1.